The molecule has 0 unspecified atom stereocenters. The first kappa shape index (κ1) is 10.3. The molecule has 0 bridgehead atoms. The number of H-pyrrole nitrogens is 1. The summed E-state index contributed by atoms with van der Waals surface area (Å²) in [4.78, 5) is 4.10. The molecule has 6 nitrogen and oxygen atoms in total. The number of aromatic amines is 1. The Bertz CT molecular complexity index is 473. The molecule has 0 aromatic carbocycles. The van der Waals surface area contributed by atoms with Crippen molar-refractivity contribution in [3.05, 3.63) is 18.5 Å². The van der Waals surface area contributed by atoms with E-state index in [0.29, 0.717) is 28.6 Å². The summed E-state index contributed by atoms with van der Waals surface area (Å²) in [7, 11) is 3.11. The number of hydrogen-bond donors (Lipinski definition) is 2. The van der Waals surface area contributed by atoms with Crippen LogP contribution in [0, 0.1) is 0 Å². The van der Waals surface area contributed by atoms with Crippen molar-refractivity contribution in [3.63, 3.8) is 0 Å². The van der Waals surface area contributed by atoms with Gasteiger partial charge in [-0.05, 0) is 6.07 Å². The van der Waals surface area contributed by atoms with Crippen LogP contribution >= 0.6 is 0 Å². The van der Waals surface area contributed by atoms with E-state index >= 15 is 0 Å². The number of aromatic nitrogens is 3. The Morgan fingerprint density at radius 1 is 1.31 bits per heavy atom. The van der Waals surface area contributed by atoms with Gasteiger partial charge in [0.05, 0.1) is 31.8 Å². The minimum Gasteiger partial charge on any atom is -0.496 e. The number of methoxy groups -OCH3 is 2. The van der Waals surface area contributed by atoms with Crippen LogP contribution in [-0.4, -0.2) is 29.4 Å². The maximum atomic E-state index is 5.79. The minimum absolute atomic E-state index is 0.440. The van der Waals surface area contributed by atoms with Crippen LogP contribution in [0.4, 0.5) is 5.69 Å². The van der Waals surface area contributed by atoms with E-state index in [1.165, 1.54) is 13.3 Å². The molecule has 0 radical (unpaired) electrons. The van der Waals surface area contributed by atoms with Gasteiger partial charge in [0.1, 0.15) is 11.3 Å². The molecule has 0 aliphatic heterocycles. The molecular weight excluding hydrogens is 208 g/mol. The predicted octanol–water partition coefficient (Wildman–Crippen LogP) is 1.07. The third kappa shape index (κ3) is 1.54. The lowest BCUT2D eigenvalue weighted by molar-refractivity contribution is 0.385. The topological polar surface area (TPSA) is 86.0 Å². The van der Waals surface area contributed by atoms with Gasteiger partial charge in [-0.25, -0.2) is 4.98 Å². The number of ether oxygens (including phenoxy) is 2. The van der Waals surface area contributed by atoms with Crippen molar-refractivity contribution in [1.29, 1.82) is 0 Å². The van der Waals surface area contributed by atoms with Crippen molar-refractivity contribution >= 4 is 5.69 Å². The lowest BCUT2D eigenvalue weighted by Gasteiger charge is -2.10. The fourth-order valence-corrected chi connectivity index (χ4v) is 1.48. The molecule has 0 saturated carbocycles. The number of hydrogen-bond acceptors (Lipinski definition) is 5. The van der Waals surface area contributed by atoms with Crippen molar-refractivity contribution in [2.45, 2.75) is 0 Å². The summed E-state index contributed by atoms with van der Waals surface area (Å²) in [6.07, 6.45) is 3.13. The number of rotatable bonds is 3. The van der Waals surface area contributed by atoms with Crippen molar-refractivity contribution in [1.82, 2.24) is 15.2 Å². The molecule has 6 heteroatoms. The van der Waals surface area contributed by atoms with Crippen LogP contribution in [0.5, 0.6) is 11.6 Å². The normalized spacial score (nSPS) is 10.1. The lowest BCUT2D eigenvalue weighted by Crippen LogP contribution is -1.97. The summed E-state index contributed by atoms with van der Waals surface area (Å²) in [5, 5.41) is 6.66. The zero-order valence-corrected chi connectivity index (χ0v) is 9.02. The smallest absolute Gasteiger partial charge is 0.226 e. The van der Waals surface area contributed by atoms with Crippen molar-refractivity contribution < 1.29 is 9.47 Å². The second kappa shape index (κ2) is 4.09. The van der Waals surface area contributed by atoms with Crippen LogP contribution in [0.3, 0.4) is 0 Å². The monoisotopic (exact) mass is 220 g/mol. The summed E-state index contributed by atoms with van der Waals surface area (Å²) in [5.41, 5.74) is 7.61. The van der Waals surface area contributed by atoms with Crippen molar-refractivity contribution in [3.8, 4) is 22.9 Å². The molecule has 2 heterocycles. The maximum Gasteiger partial charge on any atom is 0.226 e. The standard InChI is InChI=1S/C10H12N4O2/c1-15-7-3-4-12-10(16-2)8(7)9-6(11)5-13-14-9/h3-5H,11H2,1-2H3,(H,13,14). The van der Waals surface area contributed by atoms with Gasteiger partial charge in [-0.1, -0.05) is 0 Å². The first-order valence-electron chi connectivity index (χ1n) is 4.64. The highest BCUT2D eigenvalue weighted by Crippen LogP contribution is 2.37. The van der Waals surface area contributed by atoms with Crippen LogP contribution in [0.2, 0.25) is 0 Å². The molecule has 3 N–H and O–H groups in total. The number of pyridine rings is 1. The van der Waals surface area contributed by atoms with E-state index in [9.17, 15) is 0 Å². The quantitative estimate of drug-likeness (QED) is 0.808. The molecule has 0 fully saturated rings. The van der Waals surface area contributed by atoms with Gasteiger partial charge in [-0.2, -0.15) is 5.10 Å². The first-order chi connectivity index (χ1) is 7.77. The van der Waals surface area contributed by atoms with Gasteiger partial charge in [-0.3, -0.25) is 5.10 Å². The van der Waals surface area contributed by atoms with E-state index in [2.05, 4.69) is 15.2 Å². The molecule has 0 aliphatic rings. The number of nitrogen functional groups attached to an aromatic ring is 1. The average molecular weight is 220 g/mol. The van der Waals surface area contributed by atoms with E-state index in [1.807, 2.05) is 0 Å². The molecule has 2 aromatic heterocycles. The number of nitrogens with two attached hydrogens (primary N) is 1. The molecular formula is C10H12N4O2. The van der Waals surface area contributed by atoms with Crippen molar-refractivity contribution in [2.75, 3.05) is 20.0 Å². The number of nitrogens with zero attached hydrogens (tertiary/aromatic N) is 2. The van der Waals surface area contributed by atoms with Gasteiger partial charge in [0, 0.05) is 6.20 Å². The number of nitrogens with one attached hydrogen (secondary N) is 1. The Hall–Kier alpha value is -2.24. The van der Waals surface area contributed by atoms with E-state index in [1.54, 1.807) is 19.4 Å². The first-order valence-corrected chi connectivity index (χ1v) is 4.64. The second-order valence-electron chi connectivity index (χ2n) is 3.10. The molecule has 84 valence electrons. The zero-order chi connectivity index (χ0) is 11.5. The highest BCUT2D eigenvalue weighted by atomic mass is 16.5. The van der Waals surface area contributed by atoms with Crippen LogP contribution in [-0.2, 0) is 0 Å². The van der Waals surface area contributed by atoms with Gasteiger partial charge in [0.15, 0.2) is 0 Å². The van der Waals surface area contributed by atoms with Crippen LogP contribution < -0.4 is 15.2 Å². The molecule has 0 amide bonds. The summed E-state index contributed by atoms with van der Waals surface area (Å²) in [5.74, 6) is 1.07. The molecule has 2 rings (SSSR count). The highest BCUT2D eigenvalue weighted by molar-refractivity contribution is 5.80. The van der Waals surface area contributed by atoms with Crippen LogP contribution in [0.25, 0.3) is 11.3 Å². The van der Waals surface area contributed by atoms with Gasteiger partial charge in [0.2, 0.25) is 5.88 Å². The van der Waals surface area contributed by atoms with E-state index < -0.39 is 0 Å². The molecule has 0 aliphatic carbocycles. The molecule has 0 saturated heterocycles. The summed E-state index contributed by atoms with van der Waals surface area (Å²) in [6, 6.07) is 1.73. The summed E-state index contributed by atoms with van der Waals surface area (Å²) >= 11 is 0. The van der Waals surface area contributed by atoms with Crippen LogP contribution in [0.15, 0.2) is 18.5 Å². The zero-order valence-electron chi connectivity index (χ0n) is 9.02. The Morgan fingerprint density at radius 3 is 2.69 bits per heavy atom. The summed E-state index contributed by atoms with van der Waals surface area (Å²) < 4.78 is 10.4. The lowest BCUT2D eigenvalue weighted by atomic mass is 10.1. The maximum absolute atomic E-state index is 5.79. The Labute approximate surface area is 92.4 Å². The van der Waals surface area contributed by atoms with E-state index in [-0.39, 0.29) is 0 Å². The molecule has 0 atom stereocenters. The highest BCUT2D eigenvalue weighted by Gasteiger charge is 2.17. The minimum atomic E-state index is 0.440. The molecule has 0 spiro atoms. The predicted molar refractivity (Wildman–Crippen MR) is 59.3 cm³/mol. The second-order valence-corrected chi connectivity index (χ2v) is 3.10. The van der Waals surface area contributed by atoms with Crippen LogP contribution in [0.1, 0.15) is 0 Å². The van der Waals surface area contributed by atoms with Gasteiger partial charge < -0.3 is 15.2 Å². The Balaban J connectivity index is 2.66. The Kier molecular flexibility index (Phi) is 2.63. The van der Waals surface area contributed by atoms with Gasteiger partial charge in [-0.15, -0.1) is 0 Å². The SMILES string of the molecule is COc1ccnc(OC)c1-c1[nH]ncc1N. The van der Waals surface area contributed by atoms with Crippen molar-refractivity contribution in [2.24, 2.45) is 0 Å². The average Bonchev–Trinajstić information content (AvgIpc) is 2.74. The third-order valence-electron chi connectivity index (χ3n) is 2.21. The van der Waals surface area contributed by atoms with E-state index in [0.717, 1.165) is 0 Å². The fourth-order valence-electron chi connectivity index (χ4n) is 1.48. The Morgan fingerprint density at radius 2 is 2.12 bits per heavy atom. The fraction of sp³-hybridized carbons (Fsp3) is 0.200. The third-order valence-corrected chi connectivity index (χ3v) is 2.21. The largest absolute Gasteiger partial charge is 0.496 e. The van der Waals surface area contributed by atoms with Gasteiger partial charge in [0.25, 0.3) is 0 Å². The summed E-state index contributed by atoms with van der Waals surface area (Å²) in [6.45, 7) is 0. The van der Waals surface area contributed by atoms with E-state index in [4.69, 9.17) is 15.2 Å². The number of anilines is 1. The van der Waals surface area contributed by atoms with Gasteiger partial charge >= 0.3 is 0 Å². The molecule has 2 aromatic rings. The molecule has 16 heavy (non-hydrogen) atoms.